The van der Waals surface area contributed by atoms with Crippen LogP contribution >= 0.6 is 0 Å². The van der Waals surface area contributed by atoms with Gasteiger partial charge in [-0.25, -0.2) is 0 Å². The summed E-state index contributed by atoms with van der Waals surface area (Å²) >= 11 is 0. The lowest BCUT2D eigenvalue weighted by molar-refractivity contribution is -0.121. The molecule has 1 aliphatic rings. The lowest BCUT2D eigenvalue weighted by Crippen LogP contribution is -2.41. The molecule has 0 bridgehead atoms. The standard InChI is InChI=1S/C15H14N2O4.C13H14N2O4.C13H12N2O3.C13H11NO3.C12H10N2O3/c1-2-14-16-17-15(21-14)13-6-10-11(19-8-9-7-18-9)4-3-5-12(10)20-13;1-3-12(16)14-15-13(17)11-7-8-9(18-2)5-4-6-10(8)19-11;1-3-12-14-15-13(18-12)11-7-8-9(16-2)5-4-6-10(8)17-11;1-8-6-13(17-14-8)12-7-9-10(15-2)4-3-5-11(9)16-12;1-2-11-13-14-12(17-11)10-6-7-8(15)4-3-5-9(7)16-10/h3-6,9H,2,7-8H2,1H3;4-7H,3H2,1-2H3,(H,14,16)(H,15,17);4-7H,3H2,1-2H3;3-7H,1-2H3;3-6,15H,2H2,1H3/t9-;;;;/m0..../s1. The maximum absolute atomic E-state index is 11.8. The van der Waals surface area contributed by atoms with Crippen LogP contribution in [0.2, 0.25) is 0 Å². The van der Waals surface area contributed by atoms with Gasteiger partial charge in [-0.05, 0) is 73.7 Å². The molecule has 1 saturated heterocycles. The molecular formula is C66H61N9O17. The summed E-state index contributed by atoms with van der Waals surface area (Å²) in [4.78, 5) is 22.8. The van der Waals surface area contributed by atoms with Crippen molar-refractivity contribution < 1.29 is 78.2 Å². The Labute approximate surface area is 522 Å². The first-order valence-electron chi connectivity index (χ1n) is 29.0. The summed E-state index contributed by atoms with van der Waals surface area (Å²) in [6.45, 7) is 10.7. The van der Waals surface area contributed by atoms with Crippen LogP contribution in [0.5, 0.6) is 28.7 Å². The van der Waals surface area contributed by atoms with Crippen LogP contribution in [0.25, 0.3) is 101 Å². The van der Waals surface area contributed by atoms with Crippen molar-refractivity contribution in [2.24, 2.45) is 0 Å². The van der Waals surface area contributed by atoms with Crippen molar-refractivity contribution in [3.05, 3.63) is 157 Å². The average molecular weight is 1250 g/mol. The second-order valence-corrected chi connectivity index (χ2v) is 20.0. The van der Waals surface area contributed by atoms with E-state index in [1.54, 1.807) is 76.8 Å². The van der Waals surface area contributed by atoms with Crippen LogP contribution in [0.15, 0.2) is 167 Å². The number of benzene rings is 5. The third-order valence-electron chi connectivity index (χ3n) is 13.8. The van der Waals surface area contributed by atoms with Crippen molar-refractivity contribution in [2.45, 2.75) is 66.4 Å². The van der Waals surface area contributed by atoms with Gasteiger partial charge in [0.1, 0.15) is 69.4 Å². The fourth-order valence-corrected chi connectivity index (χ4v) is 8.98. The Morgan fingerprint density at radius 1 is 0.489 bits per heavy atom. The predicted octanol–water partition coefficient (Wildman–Crippen LogP) is 13.6. The molecule has 0 saturated carbocycles. The fourth-order valence-electron chi connectivity index (χ4n) is 8.98. The zero-order valence-electron chi connectivity index (χ0n) is 51.1. The summed E-state index contributed by atoms with van der Waals surface area (Å²) in [7, 11) is 4.81. The number of hydrogen-bond donors (Lipinski definition) is 3. The number of carbonyl (C=O) groups is 2. The van der Waals surface area contributed by atoms with Gasteiger partial charge < -0.3 is 68.7 Å². The van der Waals surface area contributed by atoms with Gasteiger partial charge in [-0.1, -0.05) is 63.2 Å². The number of amides is 2. The van der Waals surface area contributed by atoms with Gasteiger partial charge in [-0.3, -0.25) is 20.4 Å². The molecule has 26 nitrogen and oxygen atoms in total. The Hall–Kier alpha value is -11.7. The van der Waals surface area contributed by atoms with Gasteiger partial charge >= 0.3 is 5.91 Å². The first-order valence-corrected chi connectivity index (χ1v) is 29.0. The zero-order chi connectivity index (χ0) is 64.3. The van der Waals surface area contributed by atoms with Crippen LogP contribution in [-0.4, -0.2) is 93.3 Å². The number of phenols is 1. The topological polar surface area (TPSA) is 336 Å². The molecule has 1 atom stereocenters. The minimum Gasteiger partial charge on any atom is -0.507 e. The molecule has 472 valence electrons. The highest BCUT2D eigenvalue weighted by Crippen LogP contribution is 2.37. The Morgan fingerprint density at radius 3 is 1.33 bits per heavy atom. The number of fused-ring (bicyclic) bond motifs is 5. The number of aromatic hydroxyl groups is 1. The molecule has 5 aromatic carbocycles. The van der Waals surface area contributed by atoms with E-state index in [-0.39, 0.29) is 29.9 Å². The second-order valence-electron chi connectivity index (χ2n) is 20.0. The number of aryl methyl sites for hydroxylation is 4. The maximum Gasteiger partial charge on any atom is 0.305 e. The van der Waals surface area contributed by atoms with E-state index in [9.17, 15) is 14.7 Å². The van der Waals surface area contributed by atoms with Crippen LogP contribution in [0, 0.1) is 6.92 Å². The molecule has 0 aliphatic carbocycles. The number of nitrogens with zero attached hydrogens (tertiary/aromatic N) is 7. The lowest BCUT2D eigenvalue weighted by atomic mass is 10.2. The zero-order valence-corrected chi connectivity index (χ0v) is 51.1. The Balaban J connectivity index is 0.000000118. The van der Waals surface area contributed by atoms with E-state index in [0.717, 1.165) is 62.5 Å². The Kier molecular flexibility index (Phi) is 19.0. The highest BCUT2D eigenvalue weighted by Gasteiger charge is 2.25. The second kappa shape index (κ2) is 28.2. The lowest BCUT2D eigenvalue weighted by Gasteiger charge is -2.04. The summed E-state index contributed by atoms with van der Waals surface area (Å²) < 4.78 is 76.3. The number of hydrazine groups is 1. The van der Waals surface area contributed by atoms with Crippen LogP contribution in [0.1, 0.15) is 68.0 Å². The molecule has 26 heteroatoms. The minimum absolute atomic E-state index is 0.107. The van der Waals surface area contributed by atoms with Gasteiger partial charge in [-0.2, -0.15) is 0 Å². The molecule has 0 spiro atoms. The number of ether oxygens (including phenoxy) is 5. The molecule has 1 fully saturated rings. The molecule has 10 heterocycles. The Morgan fingerprint density at radius 2 is 0.902 bits per heavy atom. The summed E-state index contributed by atoms with van der Waals surface area (Å²) in [5.74, 6) is 8.15. The van der Waals surface area contributed by atoms with Gasteiger partial charge in [-0.15, -0.1) is 30.6 Å². The quantitative estimate of drug-likeness (QED) is 0.0634. The molecule has 3 N–H and O–H groups in total. The monoisotopic (exact) mass is 1250 g/mol. The molecule has 1 aliphatic heterocycles. The molecule has 14 aromatic rings. The number of phenolic OH excluding ortho intramolecular Hbond substituents is 1. The first-order chi connectivity index (χ1) is 44.8. The van der Waals surface area contributed by atoms with E-state index in [4.69, 9.17) is 63.5 Å². The number of furan rings is 5. The SMILES string of the molecule is CCC(=O)NNC(=O)c1cc2c(OC)cccc2o1.CCc1nnc(-c2cc3c(O)cccc3o2)o1.CCc1nnc(-c2cc3c(OC)cccc3o2)o1.CCc1nnc(-c2cc3c(OC[C@@H]4CO4)cccc3o2)o1.COc1cccc2oc(-c3cc(C)no3)cc12. The Bertz CT molecular complexity index is 4800. The number of rotatable bonds is 15. The summed E-state index contributed by atoms with van der Waals surface area (Å²) in [5.41, 5.74) is 8.76. The van der Waals surface area contributed by atoms with Crippen molar-refractivity contribution in [1.29, 1.82) is 0 Å². The number of nitrogens with one attached hydrogen (secondary N) is 2. The maximum atomic E-state index is 11.8. The third-order valence-corrected chi connectivity index (χ3v) is 13.8. The number of methoxy groups -OCH3 is 3. The molecule has 92 heavy (non-hydrogen) atoms. The van der Waals surface area contributed by atoms with Crippen LogP contribution in [0.3, 0.4) is 0 Å². The normalized spacial score (nSPS) is 12.3. The van der Waals surface area contributed by atoms with Gasteiger partial charge in [0, 0.05) is 56.0 Å². The smallest absolute Gasteiger partial charge is 0.305 e. The summed E-state index contributed by atoms with van der Waals surface area (Å²) in [6, 6.07) is 38.1. The highest BCUT2D eigenvalue weighted by atomic mass is 16.6. The van der Waals surface area contributed by atoms with Gasteiger partial charge in [0.25, 0.3) is 17.7 Å². The van der Waals surface area contributed by atoms with E-state index < -0.39 is 5.91 Å². The van der Waals surface area contributed by atoms with Gasteiger partial charge in [0.15, 0.2) is 28.8 Å². The molecule has 2 amide bonds. The third kappa shape index (κ3) is 14.2. The average Bonchev–Trinajstić information content (AvgIpc) is 1.76. The van der Waals surface area contributed by atoms with E-state index in [1.165, 1.54) is 0 Å². The molecular weight excluding hydrogens is 1190 g/mol. The van der Waals surface area contributed by atoms with E-state index in [0.29, 0.717) is 118 Å². The summed E-state index contributed by atoms with van der Waals surface area (Å²) in [5, 5.41) is 41.1. The molecule has 15 rings (SSSR count). The number of hydrogen-bond acceptors (Lipinski definition) is 24. The predicted molar refractivity (Wildman–Crippen MR) is 332 cm³/mol. The van der Waals surface area contributed by atoms with E-state index in [1.807, 2.05) is 107 Å². The molecule has 0 unspecified atom stereocenters. The fraction of sp³-hybridized carbons (Fsp3) is 0.227. The molecule has 9 aromatic heterocycles. The van der Waals surface area contributed by atoms with Gasteiger partial charge in [0.2, 0.25) is 29.3 Å². The van der Waals surface area contributed by atoms with E-state index in [2.05, 4.69) is 46.6 Å². The van der Waals surface area contributed by atoms with Crippen molar-refractivity contribution in [3.63, 3.8) is 0 Å². The van der Waals surface area contributed by atoms with Crippen molar-refractivity contribution in [3.8, 4) is 75.2 Å². The number of epoxide rings is 1. The number of carbonyl (C=O) groups excluding carboxylic acids is 2. The van der Waals surface area contributed by atoms with Crippen molar-refractivity contribution in [2.75, 3.05) is 34.5 Å². The first kappa shape index (κ1) is 62.0. The minimum atomic E-state index is -0.514. The van der Waals surface area contributed by atoms with Gasteiger partial charge in [0.05, 0.1) is 60.6 Å². The van der Waals surface area contributed by atoms with Crippen LogP contribution in [-0.2, 0) is 28.8 Å². The highest BCUT2D eigenvalue weighted by molar-refractivity contribution is 5.98. The van der Waals surface area contributed by atoms with Crippen molar-refractivity contribution >= 4 is 66.7 Å². The van der Waals surface area contributed by atoms with E-state index >= 15 is 0 Å². The summed E-state index contributed by atoms with van der Waals surface area (Å²) in [6.07, 6.45) is 2.58. The van der Waals surface area contributed by atoms with Crippen LogP contribution in [0.4, 0.5) is 0 Å². The number of aromatic nitrogens is 7. The largest absolute Gasteiger partial charge is 0.507 e. The van der Waals surface area contributed by atoms with Crippen molar-refractivity contribution in [1.82, 2.24) is 46.6 Å². The van der Waals surface area contributed by atoms with Crippen LogP contribution < -0.4 is 29.8 Å². The molecule has 0 radical (unpaired) electrons.